The molecule has 0 unspecified atom stereocenters. The maximum Gasteiger partial charge on any atom is 0.172 e. The molecule has 3 aliphatic rings. The van der Waals surface area contributed by atoms with Crippen molar-refractivity contribution in [2.75, 3.05) is 13.2 Å². The van der Waals surface area contributed by atoms with Crippen molar-refractivity contribution in [2.24, 2.45) is 0 Å². The van der Waals surface area contributed by atoms with Crippen LogP contribution in [0.25, 0.3) is 0 Å². The number of rotatable bonds is 2. The van der Waals surface area contributed by atoms with Crippen LogP contribution in [0.4, 0.5) is 0 Å². The first-order valence-electron chi connectivity index (χ1n) is 9.50. The van der Waals surface area contributed by atoms with Gasteiger partial charge in [0.1, 0.15) is 0 Å². The van der Waals surface area contributed by atoms with Crippen molar-refractivity contribution in [2.45, 2.75) is 43.3 Å². The molecule has 1 saturated carbocycles. The molecule has 1 aliphatic heterocycles. The van der Waals surface area contributed by atoms with E-state index >= 15 is 0 Å². The second-order valence-electron chi connectivity index (χ2n) is 7.76. The Kier molecular flexibility index (Phi) is 4.07. The summed E-state index contributed by atoms with van der Waals surface area (Å²) in [5, 5.41) is 0. The van der Waals surface area contributed by atoms with Gasteiger partial charge in [-0.2, -0.15) is 0 Å². The molecular formula is C23H23BrO2. The van der Waals surface area contributed by atoms with Gasteiger partial charge in [0, 0.05) is 22.7 Å². The third-order valence-corrected chi connectivity index (χ3v) is 6.81. The molecule has 0 aromatic heterocycles. The van der Waals surface area contributed by atoms with E-state index < -0.39 is 0 Å². The van der Waals surface area contributed by atoms with Crippen molar-refractivity contribution in [1.82, 2.24) is 0 Å². The van der Waals surface area contributed by atoms with Crippen molar-refractivity contribution in [3.8, 4) is 0 Å². The number of hydrogen-bond acceptors (Lipinski definition) is 2. The molecule has 26 heavy (non-hydrogen) atoms. The summed E-state index contributed by atoms with van der Waals surface area (Å²) < 4.78 is 13.3. The van der Waals surface area contributed by atoms with Crippen molar-refractivity contribution < 1.29 is 9.47 Å². The van der Waals surface area contributed by atoms with Crippen LogP contribution in [0.15, 0.2) is 64.7 Å². The van der Waals surface area contributed by atoms with Crippen molar-refractivity contribution in [3.63, 3.8) is 0 Å². The van der Waals surface area contributed by atoms with E-state index in [0.717, 1.165) is 49.8 Å². The first-order chi connectivity index (χ1) is 12.7. The Balaban J connectivity index is 1.60. The zero-order chi connectivity index (χ0) is 17.6. The zero-order valence-electron chi connectivity index (χ0n) is 14.8. The van der Waals surface area contributed by atoms with Crippen LogP contribution in [0.2, 0.25) is 0 Å². The van der Waals surface area contributed by atoms with Crippen LogP contribution >= 0.6 is 15.9 Å². The van der Waals surface area contributed by atoms with E-state index in [4.69, 9.17) is 9.47 Å². The van der Waals surface area contributed by atoms with Gasteiger partial charge < -0.3 is 9.47 Å². The Morgan fingerprint density at radius 3 is 2.58 bits per heavy atom. The van der Waals surface area contributed by atoms with Crippen LogP contribution in [0.3, 0.4) is 0 Å². The summed E-state index contributed by atoms with van der Waals surface area (Å²) in [5.41, 5.74) is 5.91. The Morgan fingerprint density at radius 2 is 1.77 bits per heavy atom. The molecule has 5 rings (SSSR count). The number of halogens is 1. The molecule has 2 aromatic rings. The number of allylic oxidation sites excluding steroid dienone is 1. The van der Waals surface area contributed by atoms with Gasteiger partial charge in [-0.05, 0) is 48.1 Å². The number of benzene rings is 2. The van der Waals surface area contributed by atoms with E-state index in [2.05, 4.69) is 70.5 Å². The average molecular weight is 411 g/mol. The van der Waals surface area contributed by atoms with Gasteiger partial charge in [-0.1, -0.05) is 64.0 Å². The van der Waals surface area contributed by atoms with E-state index in [0.29, 0.717) is 0 Å². The van der Waals surface area contributed by atoms with Gasteiger partial charge in [0.25, 0.3) is 0 Å². The van der Waals surface area contributed by atoms with Crippen molar-refractivity contribution in [3.05, 3.63) is 81.3 Å². The third kappa shape index (κ3) is 2.69. The normalized spacial score (nSPS) is 26.3. The summed E-state index contributed by atoms with van der Waals surface area (Å²) in [5.74, 6) is -0.376. The van der Waals surface area contributed by atoms with Crippen LogP contribution in [0, 0.1) is 0 Å². The number of fused-ring (bicyclic) bond motifs is 3. The largest absolute Gasteiger partial charge is 0.347 e. The summed E-state index contributed by atoms with van der Waals surface area (Å²) in [6, 6.07) is 17.7. The molecule has 0 bridgehead atoms. The predicted molar refractivity (Wildman–Crippen MR) is 106 cm³/mol. The van der Waals surface area contributed by atoms with Crippen LogP contribution in [-0.4, -0.2) is 19.0 Å². The van der Waals surface area contributed by atoms with Gasteiger partial charge in [-0.3, -0.25) is 0 Å². The molecule has 1 atom stereocenters. The van der Waals surface area contributed by atoms with Crippen LogP contribution in [0.5, 0.6) is 0 Å². The Morgan fingerprint density at radius 1 is 0.962 bits per heavy atom. The third-order valence-electron chi connectivity index (χ3n) is 6.32. The summed E-state index contributed by atoms with van der Waals surface area (Å²) in [4.78, 5) is 0. The molecule has 0 N–H and O–H groups in total. The van der Waals surface area contributed by atoms with Crippen molar-refractivity contribution in [1.29, 1.82) is 0 Å². The second kappa shape index (κ2) is 6.33. The van der Waals surface area contributed by atoms with Gasteiger partial charge in [0.15, 0.2) is 5.79 Å². The molecule has 2 aromatic carbocycles. The van der Waals surface area contributed by atoms with Crippen LogP contribution < -0.4 is 0 Å². The Hall–Kier alpha value is -1.42. The quantitative estimate of drug-likeness (QED) is 0.622. The zero-order valence-corrected chi connectivity index (χ0v) is 16.4. The van der Waals surface area contributed by atoms with Gasteiger partial charge in [0.2, 0.25) is 0 Å². The van der Waals surface area contributed by atoms with E-state index in [-0.39, 0.29) is 11.2 Å². The van der Waals surface area contributed by atoms with E-state index in [1.54, 1.807) is 0 Å². The minimum absolute atomic E-state index is 0.0657. The summed E-state index contributed by atoms with van der Waals surface area (Å²) in [6.45, 7) is 1.45. The lowest BCUT2D eigenvalue weighted by molar-refractivity contribution is -0.173. The molecule has 1 spiro atoms. The molecule has 134 valence electrons. The maximum absolute atomic E-state index is 6.06. The molecule has 2 nitrogen and oxygen atoms in total. The fourth-order valence-corrected chi connectivity index (χ4v) is 5.51. The highest BCUT2D eigenvalue weighted by Crippen LogP contribution is 2.54. The van der Waals surface area contributed by atoms with E-state index in [9.17, 15) is 0 Å². The first-order valence-corrected chi connectivity index (χ1v) is 10.3. The van der Waals surface area contributed by atoms with E-state index in [1.165, 1.54) is 22.3 Å². The molecular weight excluding hydrogens is 388 g/mol. The Labute approximate surface area is 163 Å². The lowest BCUT2D eigenvalue weighted by atomic mass is 9.58. The monoisotopic (exact) mass is 410 g/mol. The maximum atomic E-state index is 6.06. The molecule has 2 fully saturated rings. The number of hydrogen-bond donors (Lipinski definition) is 0. The Bertz CT molecular complexity index is 852. The summed E-state index contributed by atoms with van der Waals surface area (Å²) in [7, 11) is 0. The molecule has 2 aliphatic carbocycles. The van der Waals surface area contributed by atoms with Gasteiger partial charge in [-0.15, -0.1) is 0 Å². The highest BCUT2D eigenvalue weighted by Gasteiger charge is 2.51. The summed E-state index contributed by atoms with van der Waals surface area (Å²) >= 11 is 3.65. The van der Waals surface area contributed by atoms with Crippen molar-refractivity contribution >= 4 is 15.9 Å². The van der Waals surface area contributed by atoms with Gasteiger partial charge >= 0.3 is 0 Å². The lowest BCUT2D eigenvalue weighted by Gasteiger charge is -2.49. The molecule has 1 saturated heterocycles. The molecule has 3 heteroatoms. The SMILES string of the molecule is Brc1ccc2c(c1)CC=C1CC3(CC[C@]12Cc1ccccc1)OCCO3. The lowest BCUT2D eigenvalue weighted by Crippen LogP contribution is -2.46. The molecule has 0 radical (unpaired) electrons. The average Bonchev–Trinajstić information content (AvgIpc) is 3.11. The van der Waals surface area contributed by atoms with Crippen LogP contribution in [-0.2, 0) is 27.7 Å². The predicted octanol–water partition coefficient (Wildman–Crippen LogP) is 5.34. The first kappa shape index (κ1) is 16.7. The number of ether oxygens (including phenoxy) is 2. The highest BCUT2D eigenvalue weighted by atomic mass is 79.9. The topological polar surface area (TPSA) is 18.5 Å². The minimum atomic E-state index is -0.376. The van der Waals surface area contributed by atoms with Gasteiger partial charge in [-0.25, -0.2) is 0 Å². The molecule has 0 amide bonds. The molecule has 1 heterocycles. The van der Waals surface area contributed by atoms with E-state index in [1.807, 2.05) is 0 Å². The van der Waals surface area contributed by atoms with Crippen LogP contribution in [0.1, 0.15) is 36.0 Å². The second-order valence-corrected chi connectivity index (χ2v) is 8.68. The minimum Gasteiger partial charge on any atom is -0.347 e. The fraction of sp³-hybridized carbons (Fsp3) is 0.391. The highest BCUT2D eigenvalue weighted by molar-refractivity contribution is 9.10. The summed E-state index contributed by atoms with van der Waals surface area (Å²) in [6.07, 6.45) is 7.43. The smallest absolute Gasteiger partial charge is 0.172 e. The van der Waals surface area contributed by atoms with Gasteiger partial charge in [0.05, 0.1) is 13.2 Å². The fourth-order valence-electron chi connectivity index (χ4n) is 5.10. The standard InChI is InChI=1S/C23H23BrO2/c24-20-8-9-21-18(14-20)6-7-19-16-23(25-12-13-26-23)11-10-22(19,21)15-17-4-2-1-3-5-17/h1-5,7-9,14H,6,10-13,15-16H2/t22-/m0/s1.